The molecule has 0 amide bonds. The molecule has 0 aromatic heterocycles. The average molecular weight is 334 g/mol. The molecule has 0 aliphatic carbocycles. The summed E-state index contributed by atoms with van der Waals surface area (Å²) in [5.41, 5.74) is 0. The molecule has 1 rings (SSSR count). The molecule has 0 spiro atoms. The van der Waals surface area contributed by atoms with Gasteiger partial charge >= 0.3 is 17.1 Å². The van der Waals surface area contributed by atoms with Gasteiger partial charge in [-0.2, -0.15) is 18.2 Å². The molecule has 1 nitrogen and oxygen atoms in total. The van der Waals surface area contributed by atoms with E-state index in [1.165, 1.54) is 0 Å². The van der Waals surface area contributed by atoms with Crippen molar-refractivity contribution in [3.05, 3.63) is 37.4 Å². The van der Waals surface area contributed by atoms with Crippen LogP contribution in [0.3, 0.4) is 0 Å². The van der Waals surface area contributed by atoms with E-state index < -0.39 is 0 Å². The van der Waals surface area contributed by atoms with Crippen LogP contribution in [0.4, 0.5) is 0 Å². The van der Waals surface area contributed by atoms with E-state index in [2.05, 4.69) is 51.8 Å². The van der Waals surface area contributed by atoms with E-state index in [1.54, 1.807) is 0 Å². The molecule has 0 bridgehead atoms. The first-order chi connectivity index (χ1) is 7.88. The SMILES string of the molecule is C[PH+](C)C.C[PH+](C)C.[CH2-]OCC.[Fe+6].c1cc[cH-]c1. The van der Waals surface area contributed by atoms with Crippen LogP contribution in [0.25, 0.3) is 0 Å². The van der Waals surface area contributed by atoms with Gasteiger partial charge in [-0.1, -0.05) is 0 Å². The van der Waals surface area contributed by atoms with Crippen LogP contribution in [0.5, 0.6) is 0 Å². The van der Waals surface area contributed by atoms with Crippen LogP contribution in [0.15, 0.2) is 30.3 Å². The van der Waals surface area contributed by atoms with Crippen LogP contribution < -0.4 is 0 Å². The summed E-state index contributed by atoms with van der Waals surface area (Å²) in [5, 5.41) is 0. The summed E-state index contributed by atoms with van der Waals surface area (Å²) in [6, 6.07) is 10.0. The maximum atomic E-state index is 4.29. The fraction of sp³-hybridized carbons (Fsp3) is 0.571. The van der Waals surface area contributed by atoms with Crippen LogP contribution in [-0.4, -0.2) is 46.6 Å². The minimum Gasteiger partial charge on any atom is -0.555 e. The fourth-order valence-corrected chi connectivity index (χ4v) is 0.321. The fourth-order valence-electron chi connectivity index (χ4n) is 0.321. The molecule has 0 radical (unpaired) electrons. The molecule has 1 aromatic carbocycles. The Morgan fingerprint density at radius 3 is 1.22 bits per heavy atom. The molecule has 0 saturated carbocycles. The standard InChI is InChI=1S/C5H5.C3H7O.2C3H9P.Fe/c1-2-4-5-3-1;1-3-4-2;2*1-4(2)3;/h1-5H;2-3H2,1H3;2*1-3H3;/q2*-1;;;+6/p+2. The van der Waals surface area contributed by atoms with Crippen LogP contribution in [0.2, 0.25) is 0 Å². The third kappa shape index (κ3) is 91.8. The van der Waals surface area contributed by atoms with Crippen LogP contribution in [0, 0.1) is 7.11 Å². The predicted molar refractivity (Wildman–Crippen MR) is 91.2 cm³/mol. The van der Waals surface area contributed by atoms with E-state index in [1.807, 2.05) is 37.3 Å². The summed E-state index contributed by atoms with van der Waals surface area (Å²) in [7, 11) is 3.34. The van der Waals surface area contributed by atoms with Gasteiger partial charge in [0.15, 0.2) is 0 Å². The monoisotopic (exact) mass is 334 g/mol. The van der Waals surface area contributed by atoms with Gasteiger partial charge in [0.2, 0.25) is 0 Å². The van der Waals surface area contributed by atoms with Crippen molar-refractivity contribution in [2.75, 3.05) is 46.6 Å². The Morgan fingerprint density at radius 1 is 0.944 bits per heavy atom. The Balaban J connectivity index is -0.0000000719. The van der Waals surface area contributed by atoms with Gasteiger partial charge in [-0.3, -0.25) is 0 Å². The molecule has 0 fully saturated rings. The van der Waals surface area contributed by atoms with E-state index >= 15 is 0 Å². The third-order valence-corrected chi connectivity index (χ3v) is 0.760. The summed E-state index contributed by atoms with van der Waals surface area (Å²) in [4.78, 5) is 0. The second-order valence-electron chi connectivity index (χ2n) is 4.46. The summed E-state index contributed by atoms with van der Waals surface area (Å²) < 4.78 is 4.29. The van der Waals surface area contributed by atoms with Gasteiger partial charge in [0.25, 0.3) is 0 Å². The molecule has 4 heteroatoms. The predicted octanol–water partition coefficient (Wildman–Crippen LogP) is 4.40. The van der Waals surface area contributed by atoms with Gasteiger partial charge in [-0.15, -0.1) is 0 Å². The van der Waals surface area contributed by atoms with Crippen LogP contribution in [0.1, 0.15) is 6.92 Å². The van der Waals surface area contributed by atoms with Gasteiger partial charge < -0.3 is 4.74 Å². The van der Waals surface area contributed by atoms with Crippen molar-refractivity contribution in [3.8, 4) is 0 Å². The molecule has 1 aromatic rings. The Morgan fingerprint density at radius 2 is 1.17 bits per heavy atom. The zero-order valence-corrected chi connectivity index (χ0v) is 16.2. The van der Waals surface area contributed by atoms with Crippen molar-refractivity contribution >= 4 is 15.8 Å². The summed E-state index contributed by atoms with van der Waals surface area (Å²) in [5.74, 6) is 0. The second kappa shape index (κ2) is 26.3. The normalized spacial score (nSPS) is 7.89. The van der Waals surface area contributed by atoms with Crippen molar-refractivity contribution in [1.82, 2.24) is 0 Å². The molecule has 0 aliphatic heterocycles. The van der Waals surface area contributed by atoms with Crippen molar-refractivity contribution in [3.63, 3.8) is 0 Å². The molecule has 106 valence electrons. The number of rotatable bonds is 1. The maximum absolute atomic E-state index is 4.29. The van der Waals surface area contributed by atoms with Crippen LogP contribution in [-0.2, 0) is 21.8 Å². The molecular formula is C14H32FeOP2+6. The average Bonchev–Trinajstić information content (AvgIpc) is 2.73. The maximum Gasteiger partial charge on any atom is 6.00 e. The third-order valence-electron chi connectivity index (χ3n) is 0.760. The first kappa shape index (κ1) is 27.1. The summed E-state index contributed by atoms with van der Waals surface area (Å²) in [6.45, 7) is 16.2. The summed E-state index contributed by atoms with van der Waals surface area (Å²) in [6.07, 6.45) is 0. The Hall–Kier alpha value is 0.689. The second-order valence-corrected chi connectivity index (χ2v) is 10.5. The largest absolute Gasteiger partial charge is 6.00 e. The Bertz CT molecular complexity index is 147. The van der Waals surface area contributed by atoms with Gasteiger partial charge in [0.1, 0.15) is 0 Å². The Kier molecular flexibility index (Phi) is 39.6. The molecule has 0 atom stereocenters. The molecule has 0 N–H and O–H groups in total. The van der Waals surface area contributed by atoms with E-state index in [9.17, 15) is 0 Å². The first-order valence-electron chi connectivity index (χ1n) is 5.95. The Labute approximate surface area is 128 Å². The molecular weight excluding hydrogens is 302 g/mol. The smallest absolute Gasteiger partial charge is 0.555 e. The quantitative estimate of drug-likeness (QED) is 0.420. The first-order valence-corrected chi connectivity index (χ1v) is 12.0. The van der Waals surface area contributed by atoms with Crippen molar-refractivity contribution in [2.45, 2.75) is 6.92 Å². The van der Waals surface area contributed by atoms with E-state index in [-0.39, 0.29) is 32.9 Å². The topological polar surface area (TPSA) is 9.23 Å². The zero-order chi connectivity index (χ0) is 14.1. The van der Waals surface area contributed by atoms with Gasteiger partial charge in [-0.25, -0.2) is 19.2 Å². The van der Waals surface area contributed by atoms with Gasteiger partial charge in [0, 0.05) is 46.6 Å². The zero-order valence-electron chi connectivity index (χ0n) is 13.1. The molecule has 0 saturated heterocycles. The summed E-state index contributed by atoms with van der Waals surface area (Å²) >= 11 is 0. The number of hydrogen-bond acceptors (Lipinski definition) is 1. The van der Waals surface area contributed by atoms with Crippen molar-refractivity contribution in [2.24, 2.45) is 0 Å². The van der Waals surface area contributed by atoms with Crippen LogP contribution >= 0.6 is 15.8 Å². The minimum atomic E-state index is 0. The molecule has 0 unspecified atom stereocenters. The van der Waals surface area contributed by atoms with E-state index in [4.69, 9.17) is 0 Å². The van der Waals surface area contributed by atoms with E-state index in [0.717, 1.165) is 0 Å². The molecule has 0 heterocycles. The number of ether oxygens (including phenoxy) is 1. The minimum absolute atomic E-state index is 0. The van der Waals surface area contributed by atoms with Gasteiger partial charge in [0.05, 0.1) is 0 Å². The molecule has 18 heavy (non-hydrogen) atoms. The van der Waals surface area contributed by atoms with Crippen molar-refractivity contribution in [1.29, 1.82) is 0 Å². The number of hydrogen-bond donors (Lipinski definition) is 0. The van der Waals surface area contributed by atoms with Gasteiger partial charge in [-0.05, 0) is 22.8 Å². The van der Waals surface area contributed by atoms with Crippen molar-refractivity contribution < 1.29 is 21.8 Å². The molecule has 0 aliphatic rings. The van der Waals surface area contributed by atoms with E-state index in [0.29, 0.717) is 6.61 Å².